The zero-order valence-electron chi connectivity index (χ0n) is 11.0. The lowest BCUT2D eigenvalue weighted by molar-refractivity contribution is 0.0227. The Morgan fingerprint density at radius 1 is 1.11 bits per heavy atom. The van der Waals surface area contributed by atoms with Crippen LogP contribution in [-0.2, 0) is 16.1 Å². The number of hydrogen-bond acceptors (Lipinski definition) is 2. The quantitative estimate of drug-likeness (QED) is 0.620. The van der Waals surface area contributed by atoms with Crippen molar-refractivity contribution in [3.63, 3.8) is 0 Å². The van der Waals surface area contributed by atoms with E-state index >= 15 is 0 Å². The summed E-state index contributed by atoms with van der Waals surface area (Å²) >= 11 is 0. The summed E-state index contributed by atoms with van der Waals surface area (Å²) in [5.74, 6) is 0. The van der Waals surface area contributed by atoms with Crippen LogP contribution in [0.1, 0.15) is 25.3 Å². The van der Waals surface area contributed by atoms with Gasteiger partial charge in [-0.15, -0.1) is 0 Å². The maximum atomic E-state index is 5.77. The molecule has 1 atom stereocenters. The minimum absolute atomic E-state index is 0.247. The molecule has 0 aliphatic heterocycles. The minimum Gasteiger partial charge on any atom is -0.381 e. The standard InChI is InChI=1S/C16H21O2/c1-14(9-11-17-12-10-15-7-8-15)18-13-16-5-3-2-4-6-16/h2-8,14H,9-13H2,1H3/t14-/m1/s1. The van der Waals surface area contributed by atoms with Gasteiger partial charge in [-0.05, 0) is 25.3 Å². The Bertz CT molecular complexity index is 370. The van der Waals surface area contributed by atoms with Gasteiger partial charge in [0.25, 0.3) is 0 Å². The third kappa shape index (κ3) is 5.48. The Morgan fingerprint density at radius 3 is 2.61 bits per heavy atom. The van der Waals surface area contributed by atoms with E-state index in [2.05, 4.69) is 31.6 Å². The van der Waals surface area contributed by atoms with Crippen LogP contribution in [0.25, 0.3) is 0 Å². The molecule has 97 valence electrons. The Hall–Kier alpha value is -1.12. The van der Waals surface area contributed by atoms with Crippen LogP contribution < -0.4 is 0 Å². The summed E-state index contributed by atoms with van der Waals surface area (Å²) in [4.78, 5) is 0. The molecule has 0 fully saturated rings. The molecule has 18 heavy (non-hydrogen) atoms. The lowest BCUT2D eigenvalue weighted by Crippen LogP contribution is -2.12. The zero-order valence-corrected chi connectivity index (χ0v) is 11.0. The van der Waals surface area contributed by atoms with E-state index in [1.807, 2.05) is 18.2 Å². The normalized spacial score (nSPS) is 15.3. The molecular weight excluding hydrogens is 224 g/mol. The van der Waals surface area contributed by atoms with E-state index in [4.69, 9.17) is 9.47 Å². The maximum absolute atomic E-state index is 5.77. The first-order valence-corrected chi connectivity index (χ1v) is 6.62. The smallest absolute Gasteiger partial charge is 0.0720 e. The fourth-order valence-electron chi connectivity index (χ4n) is 1.66. The SMILES string of the molecule is C[C@H](CCOCCC1=C[CH]1)OCc1ccccc1. The Kier molecular flexibility index (Phi) is 5.43. The van der Waals surface area contributed by atoms with Crippen molar-refractivity contribution >= 4 is 0 Å². The van der Waals surface area contributed by atoms with Crippen molar-refractivity contribution in [2.45, 2.75) is 32.5 Å². The first-order chi connectivity index (χ1) is 8.84. The molecule has 0 amide bonds. The summed E-state index contributed by atoms with van der Waals surface area (Å²) < 4.78 is 11.3. The van der Waals surface area contributed by atoms with Gasteiger partial charge in [0, 0.05) is 13.0 Å². The molecule has 0 unspecified atom stereocenters. The van der Waals surface area contributed by atoms with Crippen LogP contribution in [0.2, 0.25) is 0 Å². The van der Waals surface area contributed by atoms with Gasteiger partial charge in [0.1, 0.15) is 0 Å². The van der Waals surface area contributed by atoms with Crippen molar-refractivity contribution in [2.24, 2.45) is 0 Å². The van der Waals surface area contributed by atoms with Gasteiger partial charge in [0.05, 0.1) is 19.3 Å². The van der Waals surface area contributed by atoms with Gasteiger partial charge in [-0.3, -0.25) is 0 Å². The molecule has 2 heteroatoms. The molecule has 0 spiro atoms. The molecule has 0 bridgehead atoms. The molecule has 0 aromatic heterocycles. The van der Waals surface area contributed by atoms with E-state index in [-0.39, 0.29) is 6.10 Å². The van der Waals surface area contributed by atoms with Crippen LogP contribution in [0, 0.1) is 6.42 Å². The lowest BCUT2D eigenvalue weighted by atomic mass is 10.2. The van der Waals surface area contributed by atoms with Gasteiger partial charge in [0.15, 0.2) is 0 Å². The van der Waals surface area contributed by atoms with Crippen LogP contribution >= 0.6 is 0 Å². The predicted octanol–water partition coefficient (Wildman–Crippen LogP) is 3.53. The van der Waals surface area contributed by atoms with Crippen molar-refractivity contribution < 1.29 is 9.47 Å². The molecule has 0 heterocycles. The molecule has 0 N–H and O–H groups in total. The third-order valence-corrected chi connectivity index (χ3v) is 2.98. The summed E-state index contributed by atoms with van der Waals surface area (Å²) in [5.41, 5.74) is 2.64. The van der Waals surface area contributed by atoms with Gasteiger partial charge in [-0.1, -0.05) is 42.0 Å². The number of rotatable bonds is 9. The Morgan fingerprint density at radius 2 is 1.89 bits per heavy atom. The van der Waals surface area contributed by atoms with Crippen molar-refractivity contribution in [3.05, 3.63) is 54.0 Å². The fraction of sp³-hybridized carbons (Fsp3) is 0.438. The molecule has 1 aromatic rings. The Labute approximate surface area is 110 Å². The van der Waals surface area contributed by atoms with Crippen LogP contribution in [0.15, 0.2) is 42.0 Å². The lowest BCUT2D eigenvalue weighted by Gasteiger charge is -2.13. The summed E-state index contributed by atoms with van der Waals surface area (Å²) in [5, 5.41) is 0. The number of ether oxygens (including phenoxy) is 2. The monoisotopic (exact) mass is 245 g/mol. The highest BCUT2D eigenvalue weighted by molar-refractivity contribution is 5.38. The van der Waals surface area contributed by atoms with Gasteiger partial charge < -0.3 is 9.47 Å². The molecular formula is C16H21O2. The first kappa shape index (κ1) is 13.3. The number of allylic oxidation sites excluding steroid dienone is 1. The van der Waals surface area contributed by atoms with Gasteiger partial charge in [0.2, 0.25) is 0 Å². The number of hydrogen-bond donors (Lipinski definition) is 0. The average molecular weight is 245 g/mol. The summed E-state index contributed by atoms with van der Waals surface area (Å²) in [7, 11) is 0. The molecule has 1 aliphatic rings. The van der Waals surface area contributed by atoms with Crippen molar-refractivity contribution in [2.75, 3.05) is 13.2 Å². The molecule has 2 nitrogen and oxygen atoms in total. The van der Waals surface area contributed by atoms with Gasteiger partial charge in [-0.25, -0.2) is 0 Å². The second-order valence-electron chi connectivity index (χ2n) is 4.67. The molecule has 0 saturated heterocycles. The molecule has 1 aromatic carbocycles. The van der Waals surface area contributed by atoms with Gasteiger partial charge >= 0.3 is 0 Å². The van der Waals surface area contributed by atoms with Crippen LogP contribution in [-0.4, -0.2) is 19.3 Å². The second-order valence-corrected chi connectivity index (χ2v) is 4.67. The second kappa shape index (κ2) is 7.34. The highest BCUT2D eigenvalue weighted by Gasteiger charge is 2.07. The van der Waals surface area contributed by atoms with Crippen LogP contribution in [0.4, 0.5) is 0 Å². The first-order valence-electron chi connectivity index (χ1n) is 6.62. The summed E-state index contributed by atoms with van der Waals surface area (Å²) in [6.45, 7) is 4.39. The molecule has 2 rings (SSSR count). The van der Waals surface area contributed by atoms with E-state index in [1.165, 1.54) is 11.1 Å². The van der Waals surface area contributed by atoms with E-state index in [9.17, 15) is 0 Å². The van der Waals surface area contributed by atoms with E-state index in [1.54, 1.807) is 0 Å². The van der Waals surface area contributed by atoms with Crippen LogP contribution in [0.3, 0.4) is 0 Å². The summed E-state index contributed by atoms with van der Waals surface area (Å²) in [6.07, 6.45) is 6.52. The highest BCUT2D eigenvalue weighted by Crippen LogP contribution is 2.20. The minimum atomic E-state index is 0.247. The highest BCUT2D eigenvalue weighted by atomic mass is 16.5. The van der Waals surface area contributed by atoms with Crippen molar-refractivity contribution in [1.29, 1.82) is 0 Å². The zero-order chi connectivity index (χ0) is 12.6. The summed E-state index contributed by atoms with van der Waals surface area (Å²) in [6, 6.07) is 10.3. The van der Waals surface area contributed by atoms with Crippen molar-refractivity contribution in [3.8, 4) is 0 Å². The predicted molar refractivity (Wildman–Crippen MR) is 73.1 cm³/mol. The van der Waals surface area contributed by atoms with E-state index in [0.717, 1.165) is 26.1 Å². The van der Waals surface area contributed by atoms with Gasteiger partial charge in [-0.2, -0.15) is 0 Å². The van der Waals surface area contributed by atoms with E-state index in [0.29, 0.717) is 6.61 Å². The van der Waals surface area contributed by atoms with Crippen LogP contribution in [0.5, 0.6) is 0 Å². The largest absolute Gasteiger partial charge is 0.381 e. The maximum Gasteiger partial charge on any atom is 0.0720 e. The molecule has 0 saturated carbocycles. The Balaban J connectivity index is 1.49. The number of benzene rings is 1. The fourth-order valence-corrected chi connectivity index (χ4v) is 1.66. The van der Waals surface area contributed by atoms with E-state index < -0.39 is 0 Å². The average Bonchev–Trinajstić information content (AvgIpc) is 3.21. The van der Waals surface area contributed by atoms with Crippen molar-refractivity contribution in [1.82, 2.24) is 0 Å². The molecule has 1 radical (unpaired) electrons. The molecule has 1 aliphatic carbocycles. The topological polar surface area (TPSA) is 18.5 Å². The third-order valence-electron chi connectivity index (χ3n) is 2.98.